The Bertz CT molecular complexity index is 1290. The predicted octanol–water partition coefficient (Wildman–Crippen LogP) is 7.28. The van der Waals surface area contributed by atoms with Gasteiger partial charge < -0.3 is 4.74 Å². The fourth-order valence-electron chi connectivity index (χ4n) is 3.32. The van der Waals surface area contributed by atoms with Crippen LogP contribution in [0.2, 0.25) is 5.02 Å². The molecule has 0 saturated carbocycles. The van der Waals surface area contributed by atoms with Crippen LogP contribution in [0.25, 0.3) is 22.4 Å². The summed E-state index contributed by atoms with van der Waals surface area (Å²) in [5, 5.41) is 12.3. The average Bonchev–Trinajstić information content (AvgIpc) is 2.78. The van der Waals surface area contributed by atoms with Crippen LogP contribution >= 0.6 is 11.6 Å². The standard InChI is InChI=1S/C26H17ClFNO/c27-24-11-5-2-8-19(24)17-30-26-14-13-18-7-1-3-9-21(18)23(26)15-20(16-29)22-10-4-6-12-25(22)28/h1-15H,17H2. The molecule has 0 bridgehead atoms. The van der Waals surface area contributed by atoms with Crippen LogP contribution in [0.5, 0.6) is 5.75 Å². The van der Waals surface area contributed by atoms with Gasteiger partial charge in [0.15, 0.2) is 0 Å². The molecule has 0 heterocycles. The molecule has 4 heteroatoms. The summed E-state index contributed by atoms with van der Waals surface area (Å²) >= 11 is 6.25. The number of nitriles is 1. The van der Waals surface area contributed by atoms with Crippen LogP contribution < -0.4 is 4.74 Å². The predicted molar refractivity (Wildman–Crippen MR) is 120 cm³/mol. The molecule has 0 saturated heterocycles. The van der Waals surface area contributed by atoms with Gasteiger partial charge in [-0.15, -0.1) is 0 Å². The Morgan fingerprint density at radius 3 is 2.47 bits per heavy atom. The lowest BCUT2D eigenvalue weighted by atomic mass is 9.98. The summed E-state index contributed by atoms with van der Waals surface area (Å²) in [7, 11) is 0. The monoisotopic (exact) mass is 413 g/mol. The first-order chi connectivity index (χ1) is 14.7. The highest BCUT2D eigenvalue weighted by Crippen LogP contribution is 2.33. The lowest BCUT2D eigenvalue weighted by molar-refractivity contribution is 0.306. The molecule has 0 aliphatic heterocycles. The van der Waals surface area contributed by atoms with Gasteiger partial charge in [-0.2, -0.15) is 5.26 Å². The van der Waals surface area contributed by atoms with Gasteiger partial charge in [0.25, 0.3) is 0 Å². The number of ether oxygens (including phenoxy) is 1. The minimum absolute atomic E-state index is 0.229. The molecule has 0 spiro atoms. The Labute approximate surface area is 179 Å². The summed E-state index contributed by atoms with van der Waals surface area (Å²) in [6.45, 7) is 0.278. The Balaban J connectivity index is 1.82. The van der Waals surface area contributed by atoms with E-state index in [1.807, 2.05) is 60.7 Å². The number of allylic oxidation sites excluding steroid dienone is 1. The molecule has 0 fully saturated rings. The summed E-state index contributed by atoms with van der Waals surface area (Å²) in [6.07, 6.45) is 1.68. The molecular formula is C26H17ClFNO. The molecule has 0 radical (unpaired) electrons. The van der Waals surface area contributed by atoms with Gasteiger partial charge in [0.1, 0.15) is 18.2 Å². The van der Waals surface area contributed by atoms with Crippen molar-refractivity contribution in [3.63, 3.8) is 0 Å². The van der Waals surface area contributed by atoms with Gasteiger partial charge in [-0.25, -0.2) is 4.39 Å². The first kappa shape index (κ1) is 19.7. The van der Waals surface area contributed by atoms with Crippen LogP contribution in [0, 0.1) is 17.1 Å². The second-order valence-electron chi connectivity index (χ2n) is 6.73. The van der Waals surface area contributed by atoms with Gasteiger partial charge >= 0.3 is 0 Å². The highest BCUT2D eigenvalue weighted by molar-refractivity contribution is 6.31. The minimum atomic E-state index is -0.441. The van der Waals surface area contributed by atoms with Gasteiger partial charge in [-0.05, 0) is 35.0 Å². The SMILES string of the molecule is N#CC(=Cc1c(OCc2ccccc2Cl)ccc2ccccc12)c1ccccc1F. The second kappa shape index (κ2) is 8.82. The maximum atomic E-state index is 14.3. The molecule has 30 heavy (non-hydrogen) atoms. The second-order valence-corrected chi connectivity index (χ2v) is 7.14. The zero-order valence-electron chi connectivity index (χ0n) is 16.0. The summed E-state index contributed by atoms with van der Waals surface area (Å²) in [5.41, 5.74) is 2.06. The van der Waals surface area contributed by atoms with Crippen molar-refractivity contribution in [2.45, 2.75) is 6.61 Å². The number of fused-ring (bicyclic) bond motifs is 1. The van der Waals surface area contributed by atoms with Crippen molar-refractivity contribution < 1.29 is 9.13 Å². The zero-order chi connectivity index (χ0) is 20.9. The number of hydrogen-bond acceptors (Lipinski definition) is 2. The van der Waals surface area contributed by atoms with E-state index in [0.717, 1.165) is 21.9 Å². The molecule has 0 atom stereocenters. The third-order valence-electron chi connectivity index (χ3n) is 4.84. The van der Waals surface area contributed by atoms with Crippen molar-refractivity contribution in [3.8, 4) is 11.8 Å². The van der Waals surface area contributed by atoms with Gasteiger partial charge in [-0.1, -0.05) is 78.3 Å². The van der Waals surface area contributed by atoms with E-state index in [-0.39, 0.29) is 17.7 Å². The van der Waals surface area contributed by atoms with Crippen LogP contribution in [0.3, 0.4) is 0 Å². The van der Waals surface area contributed by atoms with Gasteiger partial charge in [-0.3, -0.25) is 0 Å². The van der Waals surface area contributed by atoms with Crippen LogP contribution in [0.1, 0.15) is 16.7 Å². The third-order valence-corrected chi connectivity index (χ3v) is 5.21. The summed E-state index contributed by atoms with van der Waals surface area (Å²) < 4.78 is 20.4. The summed E-state index contributed by atoms with van der Waals surface area (Å²) in [6, 6.07) is 27.5. The van der Waals surface area contributed by atoms with E-state index in [2.05, 4.69) is 6.07 Å². The highest BCUT2D eigenvalue weighted by Gasteiger charge is 2.12. The van der Waals surface area contributed by atoms with Crippen molar-refractivity contribution in [3.05, 3.63) is 112 Å². The number of hydrogen-bond donors (Lipinski definition) is 0. The van der Waals surface area contributed by atoms with Crippen molar-refractivity contribution in [2.24, 2.45) is 0 Å². The molecule has 2 nitrogen and oxygen atoms in total. The van der Waals surface area contributed by atoms with Crippen LogP contribution in [0.4, 0.5) is 4.39 Å². The molecule has 146 valence electrons. The summed E-state index contributed by atoms with van der Waals surface area (Å²) in [5.74, 6) is 0.154. The van der Waals surface area contributed by atoms with E-state index in [9.17, 15) is 9.65 Å². The van der Waals surface area contributed by atoms with E-state index >= 15 is 0 Å². The Hall–Kier alpha value is -3.61. The van der Waals surface area contributed by atoms with Gasteiger partial charge in [0.2, 0.25) is 0 Å². The van der Waals surface area contributed by atoms with Gasteiger partial charge in [0, 0.05) is 21.7 Å². The van der Waals surface area contributed by atoms with Gasteiger partial charge in [0.05, 0.1) is 11.6 Å². The maximum absolute atomic E-state index is 14.3. The van der Waals surface area contributed by atoms with Crippen molar-refractivity contribution in [1.82, 2.24) is 0 Å². The maximum Gasteiger partial charge on any atom is 0.131 e. The van der Waals surface area contributed by atoms with E-state index < -0.39 is 5.82 Å². The largest absolute Gasteiger partial charge is 0.488 e. The van der Waals surface area contributed by atoms with E-state index in [0.29, 0.717) is 10.8 Å². The van der Waals surface area contributed by atoms with E-state index in [4.69, 9.17) is 16.3 Å². The minimum Gasteiger partial charge on any atom is -0.488 e. The molecule has 0 aromatic heterocycles. The molecule has 4 aromatic rings. The molecular weight excluding hydrogens is 397 g/mol. The fraction of sp³-hybridized carbons (Fsp3) is 0.0385. The zero-order valence-corrected chi connectivity index (χ0v) is 16.7. The quantitative estimate of drug-likeness (QED) is 0.254. The number of rotatable bonds is 5. The van der Waals surface area contributed by atoms with Crippen LogP contribution in [-0.4, -0.2) is 0 Å². The van der Waals surface area contributed by atoms with E-state index in [1.54, 1.807) is 24.3 Å². The summed E-state index contributed by atoms with van der Waals surface area (Å²) in [4.78, 5) is 0. The number of benzene rings is 4. The molecule has 0 aliphatic carbocycles. The lowest BCUT2D eigenvalue weighted by Gasteiger charge is -2.13. The molecule has 4 rings (SSSR count). The van der Waals surface area contributed by atoms with Crippen LogP contribution in [-0.2, 0) is 6.61 Å². The van der Waals surface area contributed by atoms with Crippen molar-refractivity contribution in [1.29, 1.82) is 5.26 Å². The number of halogens is 2. The fourth-order valence-corrected chi connectivity index (χ4v) is 3.51. The molecule has 0 unspecified atom stereocenters. The third kappa shape index (κ3) is 4.05. The molecule has 0 aliphatic rings. The number of nitrogens with zero attached hydrogens (tertiary/aromatic N) is 1. The topological polar surface area (TPSA) is 33.0 Å². The Kier molecular flexibility index (Phi) is 5.79. The molecule has 0 amide bonds. The van der Waals surface area contributed by atoms with E-state index in [1.165, 1.54) is 6.07 Å². The molecule has 0 N–H and O–H groups in total. The van der Waals surface area contributed by atoms with Crippen molar-refractivity contribution in [2.75, 3.05) is 0 Å². The van der Waals surface area contributed by atoms with Crippen molar-refractivity contribution >= 4 is 34.0 Å². The smallest absolute Gasteiger partial charge is 0.131 e. The Morgan fingerprint density at radius 1 is 0.933 bits per heavy atom. The molecule has 4 aromatic carbocycles. The first-order valence-corrected chi connectivity index (χ1v) is 9.80. The average molecular weight is 414 g/mol. The van der Waals surface area contributed by atoms with Crippen LogP contribution in [0.15, 0.2) is 84.9 Å². The highest BCUT2D eigenvalue weighted by atomic mass is 35.5. The first-order valence-electron chi connectivity index (χ1n) is 9.42. The lowest BCUT2D eigenvalue weighted by Crippen LogP contribution is -1.98. The Morgan fingerprint density at radius 2 is 1.67 bits per heavy atom. The normalized spacial score (nSPS) is 11.3.